The molecule has 0 bridgehead atoms. The minimum atomic E-state index is -1.69. The van der Waals surface area contributed by atoms with Crippen LogP contribution in [0.4, 0.5) is 0 Å². The fourth-order valence-corrected chi connectivity index (χ4v) is 1.31. The lowest BCUT2D eigenvalue weighted by atomic mass is 9.96. The minimum Gasteiger partial charge on any atom is -0.394 e. The average Bonchev–Trinajstić information content (AvgIpc) is 2.19. The molecule has 0 aromatic heterocycles. The molecule has 84 valence electrons. The van der Waals surface area contributed by atoms with Crippen LogP contribution in [0.1, 0.15) is 0 Å². The highest BCUT2D eigenvalue weighted by Crippen LogP contribution is 2.21. The Kier molecular flexibility index (Phi) is 3.78. The van der Waals surface area contributed by atoms with Gasteiger partial charge in [-0.15, -0.1) is 0 Å². The molecule has 1 fully saturated rings. The third-order valence-electron chi connectivity index (χ3n) is 2.19. The van der Waals surface area contributed by atoms with E-state index in [-0.39, 0.29) is 0 Å². The molecule has 6 N–H and O–H groups in total. The van der Waals surface area contributed by atoms with Crippen molar-refractivity contribution in [3.8, 4) is 0 Å². The lowest BCUT2D eigenvalue weighted by molar-refractivity contribution is -0.298. The van der Waals surface area contributed by atoms with Crippen molar-refractivity contribution in [1.82, 2.24) is 0 Å². The van der Waals surface area contributed by atoms with Crippen LogP contribution in [-0.4, -0.2) is 74.1 Å². The van der Waals surface area contributed by atoms with Crippen molar-refractivity contribution in [3.05, 3.63) is 0 Å². The van der Waals surface area contributed by atoms with E-state index in [2.05, 4.69) is 4.74 Å². The molecular weight excluding hydrogens is 196 g/mol. The molecule has 1 aliphatic heterocycles. The van der Waals surface area contributed by atoms with Crippen molar-refractivity contribution in [3.63, 3.8) is 0 Å². The molecule has 14 heavy (non-hydrogen) atoms. The molecule has 0 saturated carbocycles. The van der Waals surface area contributed by atoms with Gasteiger partial charge >= 0.3 is 0 Å². The summed E-state index contributed by atoms with van der Waals surface area (Å²) < 4.78 is 4.62. The van der Waals surface area contributed by atoms with Crippen molar-refractivity contribution in [2.24, 2.45) is 0 Å². The predicted octanol–water partition coefficient (Wildman–Crippen LogP) is -3.86. The summed E-state index contributed by atoms with van der Waals surface area (Å²) in [5.41, 5.74) is 0. The highest BCUT2D eigenvalue weighted by atomic mass is 16.6. The summed E-state index contributed by atoms with van der Waals surface area (Å²) in [5, 5.41) is 54.3. The van der Waals surface area contributed by atoms with Gasteiger partial charge in [-0.2, -0.15) is 0 Å². The van der Waals surface area contributed by atoms with E-state index >= 15 is 0 Å². The molecule has 1 heterocycles. The van der Waals surface area contributed by atoms with Crippen LogP contribution in [-0.2, 0) is 4.74 Å². The summed E-state index contributed by atoms with van der Waals surface area (Å²) in [6.45, 7) is -0.683. The SMILES string of the molecule is OCC(O)[C@H]1O[C@@H](O)[C@H](O)[C@H](O)[C@H]1O. The zero-order chi connectivity index (χ0) is 10.9. The van der Waals surface area contributed by atoms with Crippen molar-refractivity contribution in [2.75, 3.05) is 6.61 Å². The number of aliphatic hydroxyl groups is 6. The molecule has 7 nitrogen and oxygen atoms in total. The van der Waals surface area contributed by atoms with Gasteiger partial charge in [0.05, 0.1) is 6.61 Å². The zero-order valence-electron chi connectivity index (χ0n) is 7.26. The molecule has 7 heteroatoms. The Morgan fingerprint density at radius 3 is 2.07 bits per heavy atom. The highest BCUT2D eigenvalue weighted by molar-refractivity contribution is 4.91. The molecule has 0 aromatic carbocycles. The van der Waals surface area contributed by atoms with Crippen molar-refractivity contribution in [2.45, 2.75) is 36.8 Å². The first kappa shape index (κ1) is 11.8. The Morgan fingerprint density at radius 1 is 1.00 bits per heavy atom. The van der Waals surface area contributed by atoms with Gasteiger partial charge in [-0.3, -0.25) is 0 Å². The second-order valence-corrected chi connectivity index (χ2v) is 3.21. The Balaban J connectivity index is 2.70. The molecule has 1 unspecified atom stereocenters. The average molecular weight is 210 g/mol. The number of aliphatic hydroxyl groups excluding tert-OH is 6. The molecule has 0 spiro atoms. The van der Waals surface area contributed by atoms with Crippen molar-refractivity contribution < 1.29 is 35.4 Å². The standard InChI is InChI=1S/C7H14O7/c8-1-2(9)6-4(11)3(10)5(12)7(13)14-6/h2-13H,1H2/t2?,3-,4-,5-,6-,7-/m1/s1. The van der Waals surface area contributed by atoms with E-state index in [4.69, 9.17) is 20.4 Å². The Morgan fingerprint density at radius 2 is 1.57 bits per heavy atom. The lowest BCUT2D eigenvalue weighted by Crippen LogP contribution is -2.61. The van der Waals surface area contributed by atoms with E-state index in [0.29, 0.717) is 0 Å². The largest absolute Gasteiger partial charge is 0.394 e. The molecule has 1 saturated heterocycles. The number of ether oxygens (including phenoxy) is 1. The molecule has 0 aliphatic carbocycles. The van der Waals surface area contributed by atoms with E-state index in [1.165, 1.54) is 0 Å². The van der Waals surface area contributed by atoms with E-state index < -0.39 is 43.4 Å². The summed E-state index contributed by atoms with van der Waals surface area (Å²) in [7, 11) is 0. The minimum absolute atomic E-state index is 0.683. The van der Waals surface area contributed by atoms with Crippen molar-refractivity contribution >= 4 is 0 Å². The highest BCUT2D eigenvalue weighted by Gasteiger charge is 2.45. The smallest absolute Gasteiger partial charge is 0.184 e. The summed E-state index contributed by atoms with van der Waals surface area (Å²) in [4.78, 5) is 0. The van der Waals surface area contributed by atoms with Gasteiger partial charge in [-0.25, -0.2) is 0 Å². The molecule has 0 radical (unpaired) electrons. The Hall–Kier alpha value is -0.280. The van der Waals surface area contributed by atoms with Crippen molar-refractivity contribution in [1.29, 1.82) is 0 Å². The monoisotopic (exact) mass is 210 g/mol. The van der Waals surface area contributed by atoms with Gasteiger partial charge in [0.15, 0.2) is 6.29 Å². The van der Waals surface area contributed by atoms with Crippen LogP contribution in [0.3, 0.4) is 0 Å². The second kappa shape index (κ2) is 4.49. The molecular formula is C7H14O7. The first-order valence-corrected chi connectivity index (χ1v) is 4.15. The van der Waals surface area contributed by atoms with Gasteiger partial charge in [0, 0.05) is 0 Å². The molecule has 0 amide bonds. The van der Waals surface area contributed by atoms with Crippen LogP contribution in [0, 0.1) is 0 Å². The Bertz CT molecular complexity index is 187. The normalized spacial score (nSPS) is 46.3. The number of hydrogen-bond acceptors (Lipinski definition) is 7. The van der Waals surface area contributed by atoms with Crippen LogP contribution in [0.2, 0.25) is 0 Å². The molecule has 6 atom stereocenters. The van der Waals surface area contributed by atoms with Crippen LogP contribution >= 0.6 is 0 Å². The topological polar surface area (TPSA) is 131 Å². The fourth-order valence-electron chi connectivity index (χ4n) is 1.31. The molecule has 1 aliphatic rings. The quantitative estimate of drug-likeness (QED) is 0.275. The molecule has 1 rings (SSSR count). The fraction of sp³-hybridized carbons (Fsp3) is 1.00. The summed E-state index contributed by atoms with van der Waals surface area (Å²) in [6.07, 6.45) is -9.26. The maximum absolute atomic E-state index is 9.31. The maximum Gasteiger partial charge on any atom is 0.184 e. The summed E-state index contributed by atoms with van der Waals surface area (Å²) >= 11 is 0. The van der Waals surface area contributed by atoms with Gasteiger partial charge in [0.1, 0.15) is 30.5 Å². The maximum atomic E-state index is 9.31. The second-order valence-electron chi connectivity index (χ2n) is 3.21. The van der Waals surface area contributed by atoms with Gasteiger partial charge in [-0.05, 0) is 0 Å². The van der Waals surface area contributed by atoms with Crippen LogP contribution in [0.15, 0.2) is 0 Å². The third-order valence-corrected chi connectivity index (χ3v) is 2.19. The zero-order valence-corrected chi connectivity index (χ0v) is 7.26. The first-order chi connectivity index (χ1) is 6.49. The van der Waals surface area contributed by atoms with E-state index in [0.717, 1.165) is 0 Å². The van der Waals surface area contributed by atoms with Gasteiger partial charge in [0.2, 0.25) is 0 Å². The van der Waals surface area contributed by atoms with Crippen LogP contribution < -0.4 is 0 Å². The third kappa shape index (κ3) is 2.04. The van der Waals surface area contributed by atoms with E-state index in [1.54, 1.807) is 0 Å². The van der Waals surface area contributed by atoms with Crippen LogP contribution in [0.25, 0.3) is 0 Å². The predicted molar refractivity (Wildman–Crippen MR) is 42.0 cm³/mol. The van der Waals surface area contributed by atoms with Gasteiger partial charge in [-0.1, -0.05) is 0 Å². The summed E-state index contributed by atoms with van der Waals surface area (Å²) in [6, 6.07) is 0. The number of hydrogen-bond donors (Lipinski definition) is 6. The summed E-state index contributed by atoms with van der Waals surface area (Å²) in [5.74, 6) is 0. The van der Waals surface area contributed by atoms with Gasteiger partial charge < -0.3 is 35.4 Å². The van der Waals surface area contributed by atoms with Crippen LogP contribution in [0.5, 0.6) is 0 Å². The Labute approximate surface area is 79.8 Å². The lowest BCUT2D eigenvalue weighted by Gasteiger charge is -2.39. The molecule has 0 aromatic rings. The van der Waals surface area contributed by atoms with E-state index in [1.807, 2.05) is 0 Å². The first-order valence-electron chi connectivity index (χ1n) is 4.15. The number of rotatable bonds is 2. The van der Waals surface area contributed by atoms with Gasteiger partial charge in [0.25, 0.3) is 0 Å². The van der Waals surface area contributed by atoms with E-state index in [9.17, 15) is 10.2 Å².